The molecule has 1 spiro atoms. The summed E-state index contributed by atoms with van der Waals surface area (Å²) in [5.74, 6) is 1.72. The lowest BCUT2D eigenvalue weighted by molar-refractivity contribution is 0.668. The van der Waals surface area contributed by atoms with Crippen molar-refractivity contribution in [1.82, 2.24) is 15.0 Å². The summed E-state index contributed by atoms with van der Waals surface area (Å²) in [7, 11) is 0. The van der Waals surface area contributed by atoms with E-state index in [1.807, 2.05) is 36.4 Å². The average molecular weight is 910 g/mol. The fourth-order valence-corrected chi connectivity index (χ4v) is 13.5. The second-order valence-corrected chi connectivity index (χ2v) is 19.5. The summed E-state index contributed by atoms with van der Waals surface area (Å²) < 4.78 is 15.6. The lowest BCUT2D eigenvalue weighted by Crippen LogP contribution is -2.25. The fourth-order valence-electron chi connectivity index (χ4n) is 12.3. The van der Waals surface area contributed by atoms with Crippen LogP contribution in [0.25, 0.3) is 132 Å². The summed E-state index contributed by atoms with van der Waals surface area (Å²) >= 11 is 1.77. The Labute approximate surface area is 404 Å². The zero-order chi connectivity index (χ0) is 45.7. The molecule has 2 aliphatic rings. The first-order valence-electron chi connectivity index (χ1n) is 23.7. The molecule has 0 atom stereocenters. The maximum absolute atomic E-state index is 6.74. The Kier molecular flexibility index (Phi) is 7.63. The van der Waals surface area contributed by atoms with Gasteiger partial charge in [-0.15, -0.1) is 11.3 Å². The van der Waals surface area contributed by atoms with Crippen LogP contribution < -0.4 is 0 Å². The van der Waals surface area contributed by atoms with Crippen LogP contribution in [0.5, 0.6) is 0 Å². The van der Waals surface area contributed by atoms with E-state index in [0.29, 0.717) is 17.5 Å². The number of para-hydroxylation sites is 2. The van der Waals surface area contributed by atoms with Crippen LogP contribution >= 0.6 is 11.3 Å². The van der Waals surface area contributed by atoms with E-state index < -0.39 is 5.41 Å². The predicted octanol–water partition coefficient (Wildman–Crippen LogP) is 17.0. The van der Waals surface area contributed by atoms with Crippen molar-refractivity contribution in [1.29, 1.82) is 0 Å². The highest BCUT2D eigenvalue weighted by Gasteiger charge is 2.52. The van der Waals surface area contributed by atoms with Crippen LogP contribution in [0, 0.1) is 0 Å². The van der Waals surface area contributed by atoms with Crippen molar-refractivity contribution >= 4 is 75.4 Å². The van der Waals surface area contributed by atoms with Crippen molar-refractivity contribution < 1.29 is 8.83 Å². The SMILES string of the molecule is c1ccc2c(c1)-c1ccccc1C21c2ccccc2-c2c(-c3ccc4oc5ccccc5c4c3-c3nc(-c4cccc5c4sc4ccccc45)nc(-c4cccc5oc6ccccc6c45)n3)cccc21. The van der Waals surface area contributed by atoms with Crippen molar-refractivity contribution in [3.8, 4) is 67.5 Å². The number of hydrogen-bond acceptors (Lipinski definition) is 6. The lowest BCUT2D eigenvalue weighted by atomic mass is 9.70. The largest absolute Gasteiger partial charge is 0.456 e. The summed E-state index contributed by atoms with van der Waals surface area (Å²) in [6.07, 6.45) is 0. The number of nitrogens with zero attached hydrogens (tertiary/aromatic N) is 3. The van der Waals surface area contributed by atoms with Gasteiger partial charge in [-0.2, -0.15) is 0 Å². The van der Waals surface area contributed by atoms with E-state index >= 15 is 0 Å². The van der Waals surface area contributed by atoms with Gasteiger partial charge in [-0.05, 0) is 98.1 Å². The summed E-state index contributed by atoms with van der Waals surface area (Å²) in [5, 5.41) is 6.32. The Morgan fingerprint density at radius 2 is 0.771 bits per heavy atom. The van der Waals surface area contributed by atoms with Crippen LogP contribution in [0.4, 0.5) is 0 Å². The van der Waals surface area contributed by atoms with Crippen LogP contribution in [0.3, 0.4) is 0 Å². The van der Waals surface area contributed by atoms with E-state index in [4.69, 9.17) is 23.8 Å². The summed E-state index contributed by atoms with van der Waals surface area (Å²) in [5.41, 5.74) is 17.6. The van der Waals surface area contributed by atoms with Gasteiger partial charge in [0, 0.05) is 58.4 Å². The highest BCUT2D eigenvalue weighted by Crippen LogP contribution is 2.64. The van der Waals surface area contributed by atoms with Gasteiger partial charge in [0.2, 0.25) is 0 Å². The lowest BCUT2D eigenvalue weighted by Gasteiger charge is -2.30. The molecule has 0 aliphatic heterocycles. The van der Waals surface area contributed by atoms with Gasteiger partial charge in [-0.3, -0.25) is 0 Å². The Hall–Kier alpha value is -8.97. The minimum Gasteiger partial charge on any atom is -0.456 e. The van der Waals surface area contributed by atoms with E-state index in [1.165, 1.54) is 60.0 Å². The predicted molar refractivity (Wildman–Crippen MR) is 285 cm³/mol. The molecule has 0 N–H and O–H groups in total. The van der Waals surface area contributed by atoms with Crippen molar-refractivity contribution in [2.24, 2.45) is 0 Å². The van der Waals surface area contributed by atoms with Crippen LogP contribution in [0.15, 0.2) is 221 Å². The quantitative estimate of drug-likeness (QED) is 0.176. The third-order valence-corrected chi connectivity index (χ3v) is 16.2. The molecule has 324 valence electrons. The topological polar surface area (TPSA) is 65.0 Å². The second-order valence-electron chi connectivity index (χ2n) is 18.4. The van der Waals surface area contributed by atoms with Gasteiger partial charge in [-0.25, -0.2) is 15.0 Å². The van der Waals surface area contributed by atoms with Crippen LogP contribution in [-0.4, -0.2) is 15.0 Å². The monoisotopic (exact) mass is 909 g/mol. The summed E-state index contributed by atoms with van der Waals surface area (Å²) in [6, 6.07) is 76.0. The first-order chi connectivity index (χ1) is 34.7. The Morgan fingerprint density at radius 3 is 1.53 bits per heavy atom. The number of hydrogen-bond donors (Lipinski definition) is 0. The van der Waals surface area contributed by atoms with Gasteiger partial charge in [0.1, 0.15) is 22.3 Å². The molecule has 2 aliphatic carbocycles. The third kappa shape index (κ3) is 4.97. The molecule has 0 unspecified atom stereocenters. The van der Waals surface area contributed by atoms with Crippen molar-refractivity contribution in [2.75, 3.05) is 0 Å². The molecule has 0 amide bonds. The summed E-state index contributed by atoms with van der Waals surface area (Å²) in [4.78, 5) is 16.8. The van der Waals surface area contributed by atoms with Crippen molar-refractivity contribution in [3.63, 3.8) is 0 Å². The number of fused-ring (bicyclic) bond motifs is 19. The third-order valence-electron chi connectivity index (χ3n) is 15.0. The Balaban J connectivity index is 1.04. The Morgan fingerprint density at radius 1 is 0.300 bits per heavy atom. The molecule has 4 aromatic heterocycles. The van der Waals surface area contributed by atoms with E-state index in [1.54, 1.807) is 11.3 Å². The minimum atomic E-state index is -0.510. The fraction of sp³-hybridized carbons (Fsp3) is 0.0156. The molecule has 0 radical (unpaired) electrons. The number of aromatic nitrogens is 3. The molecule has 0 saturated heterocycles. The average Bonchev–Trinajstić information content (AvgIpc) is 4.23. The molecule has 4 heterocycles. The van der Waals surface area contributed by atoms with E-state index in [-0.39, 0.29) is 0 Å². The van der Waals surface area contributed by atoms with Crippen molar-refractivity contribution in [3.05, 3.63) is 235 Å². The molecule has 70 heavy (non-hydrogen) atoms. The molecule has 5 nitrogen and oxygen atoms in total. The highest BCUT2D eigenvalue weighted by molar-refractivity contribution is 7.26. The number of benzene rings is 10. The number of rotatable bonds is 4. The molecular formula is C64H35N3O2S. The second kappa shape index (κ2) is 14.0. The summed E-state index contributed by atoms with van der Waals surface area (Å²) in [6.45, 7) is 0. The molecule has 14 aromatic rings. The van der Waals surface area contributed by atoms with Crippen molar-refractivity contribution in [2.45, 2.75) is 5.41 Å². The first kappa shape index (κ1) is 38.0. The zero-order valence-electron chi connectivity index (χ0n) is 37.3. The molecule has 0 saturated carbocycles. The van der Waals surface area contributed by atoms with Crippen LogP contribution in [0.1, 0.15) is 22.3 Å². The zero-order valence-corrected chi connectivity index (χ0v) is 38.1. The molecule has 0 fully saturated rings. The molecule has 16 rings (SSSR count). The normalized spacial score (nSPS) is 13.3. The van der Waals surface area contributed by atoms with E-state index in [2.05, 4.69) is 176 Å². The smallest absolute Gasteiger partial charge is 0.165 e. The van der Waals surface area contributed by atoms with Gasteiger partial charge in [0.15, 0.2) is 17.5 Å². The van der Waals surface area contributed by atoms with Gasteiger partial charge in [0.05, 0.1) is 5.41 Å². The molecule has 6 heteroatoms. The van der Waals surface area contributed by atoms with Gasteiger partial charge >= 0.3 is 0 Å². The first-order valence-corrected chi connectivity index (χ1v) is 24.5. The van der Waals surface area contributed by atoms with E-state index in [0.717, 1.165) is 76.4 Å². The molecular weight excluding hydrogens is 875 g/mol. The minimum absolute atomic E-state index is 0.510. The Bertz CT molecular complexity index is 4530. The standard InChI is InChI=1S/C64H35N3O2S/c1-7-26-47-36(16-1)37-17-2-8-27-48(37)64(47)49-28-9-3-19-42(49)56-39(22-14-29-50(56)64)40-34-35-54-58(44-21-5-11-31-52(44)69-54)59(40)63-66-61(45-24-15-32-53-57(45)43-20-4-10-30-51(43)68-53)65-62(67-63)46-25-13-23-41-38-18-6-12-33-55(38)70-60(41)46/h1-35H. The number of furan rings is 2. The van der Waals surface area contributed by atoms with Crippen LogP contribution in [0.2, 0.25) is 0 Å². The van der Waals surface area contributed by atoms with E-state index in [9.17, 15) is 0 Å². The maximum Gasteiger partial charge on any atom is 0.165 e. The molecule has 10 aromatic carbocycles. The van der Waals surface area contributed by atoms with Gasteiger partial charge in [0.25, 0.3) is 0 Å². The van der Waals surface area contributed by atoms with Crippen LogP contribution in [-0.2, 0) is 5.41 Å². The highest BCUT2D eigenvalue weighted by atomic mass is 32.1. The maximum atomic E-state index is 6.74. The van der Waals surface area contributed by atoms with Gasteiger partial charge in [-0.1, -0.05) is 170 Å². The number of thiophene rings is 1. The van der Waals surface area contributed by atoms with Gasteiger partial charge < -0.3 is 8.83 Å². The molecule has 0 bridgehead atoms.